The molecule has 0 saturated carbocycles. The number of morpholine rings is 1. The fourth-order valence-corrected chi connectivity index (χ4v) is 3.30. The summed E-state index contributed by atoms with van der Waals surface area (Å²) >= 11 is 12.2. The van der Waals surface area contributed by atoms with Crippen molar-refractivity contribution in [2.45, 2.75) is 13.0 Å². The maximum atomic E-state index is 6.15. The van der Waals surface area contributed by atoms with Gasteiger partial charge in [0, 0.05) is 31.5 Å². The van der Waals surface area contributed by atoms with E-state index in [2.05, 4.69) is 20.0 Å². The number of nitrogens with zero attached hydrogens (tertiary/aromatic N) is 5. The Hall–Kier alpha value is -2.15. The van der Waals surface area contributed by atoms with E-state index < -0.39 is 0 Å². The highest BCUT2D eigenvalue weighted by Crippen LogP contribution is 2.30. The first kappa shape index (κ1) is 17.3. The lowest BCUT2D eigenvalue weighted by Crippen LogP contribution is -2.39. The van der Waals surface area contributed by atoms with Gasteiger partial charge in [0.1, 0.15) is 17.7 Å². The van der Waals surface area contributed by atoms with Gasteiger partial charge < -0.3 is 9.64 Å². The third kappa shape index (κ3) is 3.53. The maximum Gasteiger partial charge on any atom is 0.159 e. The molecular formula is C18H17Cl2N5O. The molecule has 2 aromatic heterocycles. The molecule has 0 radical (unpaired) electrons. The largest absolute Gasteiger partial charge is 0.370 e. The Balaban J connectivity index is 1.61. The number of rotatable bonds is 3. The van der Waals surface area contributed by atoms with Gasteiger partial charge in [0.15, 0.2) is 5.82 Å². The Bertz CT molecular complexity index is 916. The van der Waals surface area contributed by atoms with Crippen molar-refractivity contribution in [3.05, 3.63) is 64.2 Å². The van der Waals surface area contributed by atoms with E-state index in [4.69, 9.17) is 27.9 Å². The number of anilines is 1. The minimum atomic E-state index is -0.0954. The van der Waals surface area contributed by atoms with Crippen molar-refractivity contribution in [1.82, 2.24) is 19.7 Å². The first-order valence-corrected chi connectivity index (χ1v) is 9.03. The summed E-state index contributed by atoms with van der Waals surface area (Å²) in [5.74, 6) is 2.30. The van der Waals surface area contributed by atoms with Gasteiger partial charge in [-0.15, -0.1) is 0 Å². The average Bonchev–Trinajstić information content (AvgIpc) is 3.18. The lowest BCUT2D eigenvalue weighted by Gasteiger charge is -2.34. The second-order valence-corrected chi connectivity index (χ2v) is 6.88. The Labute approximate surface area is 161 Å². The van der Waals surface area contributed by atoms with Crippen LogP contribution in [0.2, 0.25) is 10.0 Å². The van der Waals surface area contributed by atoms with E-state index in [1.807, 2.05) is 37.4 Å². The molecule has 1 fully saturated rings. The standard InChI is InChI=1S/C18H17Cl2N5O/c1-12-22-17(10-18(23-12)25-6-2-5-21-25)24-7-8-26-16(11-24)13-3-4-14(19)15(20)9-13/h2-6,9-10,16H,7-8,11H2,1H3. The summed E-state index contributed by atoms with van der Waals surface area (Å²) in [4.78, 5) is 11.3. The van der Waals surface area contributed by atoms with Crippen LogP contribution in [0.25, 0.3) is 5.82 Å². The Kier molecular flexibility index (Phi) is 4.80. The van der Waals surface area contributed by atoms with Crippen LogP contribution in [0, 0.1) is 6.92 Å². The molecule has 0 amide bonds. The Morgan fingerprint density at radius 3 is 2.73 bits per heavy atom. The fraction of sp³-hybridized carbons (Fsp3) is 0.278. The van der Waals surface area contributed by atoms with Gasteiger partial charge in [-0.1, -0.05) is 29.3 Å². The van der Waals surface area contributed by atoms with Crippen LogP contribution in [-0.4, -0.2) is 39.4 Å². The van der Waals surface area contributed by atoms with Crippen LogP contribution >= 0.6 is 23.2 Å². The van der Waals surface area contributed by atoms with E-state index in [0.29, 0.717) is 29.0 Å². The normalized spacial score (nSPS) is 17.5. The fourth-order valence-electron chi connectivity index (χ4n) is 2.99. The molecule has 26 heavy (non-hydrogen) atoms. The molecule has 1 aliphatic rings. The number of benzene rings is 1. The predicted octanol–water partition coefficient (Wildman–Crippen LogP) is 3.86. The van der Waals surface area contributed by atoms with Crippen molar-refractivity contribution < 1.29 is 4.74 Å². The van der Waals surface area contributed by atoms with Crippen molar-refractivity contribution >= 4 is 29.0 Å². The second-order valence-electron chi connectivity index (χ2n) is 6.06. The molecule has 0 aliphatic carbocycles. The molecule has 1 aliphatic heterocycles. The summed E-state index contributed by atoms with van der Waals surface area (Å²) in [5.41, 5.74) is 1.00. The van der Waals surface area contributed by atoms with Crippen LogP contribution in [0.3, 0.4) is 0 Å². The van der Waals surface area contributed by atoms with Gasteiger partial charge in [-0.3, -0.25) is 0 Å². The molecule has 3 heterocycles. The zero-order valence-electron chi connectivity index (χ0n) is 14.1. The van der Waals surface area contributed by atoms with Gasteiger partial charge in [-0.25, -0.2) is 14.6 Å². The number of aryl methyl sites for hydroxylation is 1. The van der Waals surface area contributed by atoms with Gasteiger partial charge in [0.2, 0.25) is 0 Å². The average molecular weight is 390 g/mol. The minimum Gasteiger partial charge on any atom is -0.370 e. The predicted molar refractivity (Wildman–Crippen MR) is 101 cm³/mol. The van der Waals surface area contributed by atoms with Gasteiger partial charge in [-0.2, -0.15) is 5.10 Å². The molecule has 3 aromatic rings. The zero-order valence-corrected chi connectivity index (χ0v) is 15.7. The van der Waals surface area contributed by atoms with Gasteiger partial charge >= 0.3 is 0 Å². The smallest absolute Gasteiger partial charge is 0.159 e. The molecule has 0 N–H and O–H groups in total. The van der Waals surface area contributed by atoms with Crippen molar-refractivity contribution in [1.29, 1.82) is 0 Å². The third-order valence-electron chi connectivity index (χ3n) is 4.26. The lowest BCUT2D eigenvalue weighted by molar-refractivity contribution is 0.0395. The quantitative estimate of drug-likeness (QED) is 0.680. The summed E-state index contributed by atoms with van der Waals surface area (Å²) in [5, 5.41) is 5.32. The SMILES string of the molecule is Cc1nc(N2CCOC(c3ccc(Cl)c(Cl)c3)C2)cc(-n2cccn2)n1. The molecule has 134 valence electrons. The Morgan fingerprint density at radius 2 is 1.96 bits per heavy atom. The summed E-state index contributed by atoms with van der Waals surface area (Å²) in [6.07, 6.45) is 3.50. The zero-order chi connectivity index (χ0) is 18.1. The summed E-state index contributed by atoms with van der Waals surface area (Å²) in [6.45, 7) is 3.91. The molecule has 0 spiro atoms. The topological polar surface area (TPSA) is 56.1 Å². The monoisotopic (exact) mass is 389 g/mol. The molecule has 1 atom stereocenters. The molecule has 4 rings (SSSR count). The molecule has 8 heteroatoms. The highest BCUT2D eigenvalue weighted by Gasteiger charge is 2.24. The number of hydrogen-bond donors (Lipinski definition) is 0. The van der Waals surface area contributed by atoms with Crippen molar-refractivity contribution in [3.8, 4) is 5.82 Å². The lowest BCUT2D eigenvalue weighted by atomic mass is 10.1. The van der Waals surface area contributed by atoms with Crippen molar-refractivity contribution in [2.24, 2.45) is 0 Å². The highest BCUT2D eigenvalue weighted by molar-refractivity contribution is 6.42. The van der Waals surface area contributed by atoms with E-state index in [-0.39, 0.29) is 6.10 Å². The van der Waals surface area contributed by atoms with Gasteiger partial charge in [-0.05, 0) is 30.7 Å². The molecular weight excluding hydrogens is 373 g/mol. The van der Waals surface area contributed by atoms with Crippen molar-refractivity contribution in [2.75, 3.05) is 24.6 Å². The van der Waals surface area contributed by atoms with E-state index in [0.717, 1.165) is 23.7 Å². The number of hydrogen-bond acceptors (Lipinski definition) is 5. The first-order chi connectivity index (χ1) is 12.6. The third-order valence-corrected chi connectivity index (χ3v) is 4.99. The molecule has 1 saturated heterocycles. The summed E-state index contributed by atoms with van der Waals surface area (Å²) in [6, 6.07) is 9.41. The van der Waals surface area contributed by atoms with E-state index in [9.17, 15) is 0 Å². The number of ether oxygens (including phenoxy) is 1. The second kappa shape index (κ2) is 7.23. The molecule has 1 unspecified atom stereocenters. The summed E-state index contributed by atoms with van der Waals surface area (Å²) in [7, 11) is 0. The molecule has 6 nitrogen and oxygen atoms in total. The highest BCUT2D eigenvalue weighted by atomic mass is 35.5. The van der Waals surface area contributed by atoms with Crippen molar-refractivity contribution in [3.63, 3.8) is 0 Å². The van der Waals surface area contributed by atoms with E-state index >= 15 is 0 Å². The molecule has 1 aromatic carbocycles. The Morgan fingerprint density at radius 1 is 1.12 bits per heavy atom. The van der Waals surface area contributed by atoms with Crippen LogP contribution in [0.15, 0.2) is 42.7 Å². The van der Waals surface area contributed by atoms with Crippen LogP contribution in [0.5, 0.6) is 0 Å². The van der Waals surface area contributed by atoms with Gasteiger partial charge in [0.25, 0.3) is 0 Å². The van der Waals surface area contributed by atoms with Crippen LogP contribution in [0.1, 0.15) is 17.5 Å². The first-order valence-electron chi connectivity index (χ1n) is 8.27. The summed E-state index contributed by atoms with van der Waals surface area (Å²) < 4.78 is 7.67. The van der Waals surface area contributed by atoms with Gasteiger partial charge in [0.05, 0.1) is 16.7 Å². The van der Waals surface area contributed by atoms with Crippen LogP contribution in [0.4, 0.5) is 5.82 Å². The number of aromatic nitrogens is 4. The van der Waals surface area contributed by atoms with E-state index in [1.54, 1.807) is 16.9 Å². The van der Waals surface area contributed by atoms with E-state index in [1.165, 1.54) is 0 Å². The maximum absolute atomic E-state index is 6.15. The van der Waals surface area contributed by atoms with Crippen LogP contribution < -0.4 is 4.90 Å². The molecule has 0 bridgehead atoms. The minimum absolute atomic E-state index is 0.0954. The number of halogens is 2. The van der Waals surface area contributed by atoms with Crippen LogP contribution in [-0.2, 0) is 4.74 Å².